The van der Waals surface area contributed by atoms with Gasteiger partial charge in [0.1, 0.15) is 0 Å². The van der Waals surface area contributed by atoms with Crippen LogP contribution in [0.4, 0.5) is 0 Å². The highest BCUT2D eigenvalue weighted by atomic mass is 16.5. The number of hydrogen-bond acceptors (Lipinski definition) is 5. The van der Waals surface area contributed by atoms with Gasteiger partial charge in [0.25, 0.3) is 5.89 Å². The molecule has 2 atom stereocenters. The van der Waals surface area contributed by atoms with E-state index in [2.05, 4.69) is 37.8 Å². The maximum atomic E-state index is 12.8. The van der Waals surface area contributed by atoms with Gasteiger partial charge in [-0.3, -0.25) is 9.59 Å². The third kappa shape index (κ3) is 6.17. The number of carbonyl (C=O) groups excluding carboxylic acids is 2. The molecular weight excluding hydrogens is 404 g/mol. The Kier molecular flexibility index (Phi) is 7.36. The van der Waals surface area contributed by atoms with Crippen molar-refractivity contribution in [1.82, 2.24) is 19.9 Å². The SMILES string of the molecule is Cc1ccccc1-c1nc(CC(=O)N2CCN(C(=O)CC(C)CC(C)(C)C)C(C)C2)no1. The van der Waals surface area contributed by atoms with Crippen LogP contribution in [0.25, 0.3) is 11.5 Å². The minimum Gasteiger partial charge on any atom is -0.338 e. The molecule has 2 aromatic rings. The highest BCUT2D eigenvalue weighted by Gasteiger charge is 2.31. The van der Waals surface area contributed by atoms with E-state index >= 15 is 0 Å². The molecule has 32 heavy (non-hydrogen) atoms. The molecule has 0 spiro atoms. The normalized spacial score (nSPS) is 18.0. The van der Waals surface area contributed by atoms with E-state index in [9.17, 15) is 9.59 Å². The van der Waals surface area contributed by atoms with Crippen LogP contribution in [0.2, 0.25) is 0 Å². The maximum absolute atomic E-state index is 12.8. The highest BCUT2D eigenvalue weighted by molar-refractivity contribution is 5.80. The molecule has 1 aliphatic heterocycles. The van der Waals surface area contributed by atoms with Crippen LogP contribution >= 0.6 is 0 Å². The predicted octanol–water partition coefficient (Wildman–Crippen LogP) is 4.11. The van der Waals surface area contributed by atoms with Crippen LogP contribution in [0.5, 0.6) is 0 Å². The van der Waals surface area contributed by atoms with Crippen molar-refractivity contribution in [3.05, 3.63) is 35.7 Å². The van der Waals surface area contributed by atoms with Crippen molar-refractivity contribution < 1.29 is 14.1 Å². The molecule has 0 bridgehead atoms. The summed E-state index contributed by atoms with van der Waals surface area (Å²) in [5.41, 5.74) is 2.13. The summed E-state index contributed by atoms with van der Waals surface area (Å²) >= 11 is 0. The molecule has 1 saturated heterocycles. The van der Waals surface area contributed by atoms with E-state index in [4.69, 9.17) is 4.52 Å². The minimum absolute atomic E-state index is 0.00478. The fourth-order valence-electron chi connectivity index (χ4n) is 4.58. The maximum Gasteiger partial charge on any atom is 0.258 e. The molecule has 1 aromatic heterocycles. The van der Waals surface area contributed by atoms with E-state index in [1.54, 1.807) is 4.90 Å². The number of piperazine rings is 1. The van der Waals surface area contributed by atoms with Crippen molar-refractivity contribution in [3.63, 3.8) is 0 Å². The average Bonchev–Trinajstić information content (AvgIpc) is 3.14. The number of hydrogen-bond donors (Lipinski definition) is 0. The van der Waals surface area contributed by atoms with Crippen molar-refractivity contribution in [2.24, 2.45) is 11.3 Å². The first-order chi connectivity index (χ1) is 15.0. The third-order valence-electron chi connectivity index (χ3n) is 5.94. The summed E-state index contributed by atoms with van der Waals surface area (Å²) in [5, 5.41) is 3.99. The number of rotatable bonds is 6. The predicted molar refractivity (Wildman–Crippen MR) is 124 cm³/mol. The van der Waals surface area contributed by atoms with Crippen LogP contribution in [-0.4, -0.2) is 57.4 Å². The molecule has 2 unspecified atom stereocenters. The van der Waals surface area contributed by atoms with E-state index in [0.717, 1.165) is 17.5 Å². The quantitative estimate of drug-likeness (QED) is 0.675. The zero-order chi connectivity index (χ0) is 23.5. The van der Waals surface area contributed by atoms with E-state index in [1.165, 1.54) is 0 Å². The Hall–Kier alpha value is -2.70. The minimum atomic E-state index is -0.0396. The lowest BCUT2D eigenvalue weighted by Crippen LogP contribution is -2.55. The molecule has 1 fully saturated rings. The summed E-state index contributed by atoms with van der Waals surface area (Å²) < 4.78 is 5.38. The van der Waals surface area contributed by atoms with E-state index in [-0.39, 0.29) is 29.7 Å². The lowest BCUT2D eigenvalue weighted by molar-refractivity contribution is -0.142. The molecule has 2 heterocycles. The van der Waals surface area contributed by atoms with Crippen molar-refractivity contribution in [1.29, 1.82) is 0 Å². The van der Waals surface area contributed by atoms with E-state index in [0.29, 0.717) is 43.7 Å². The van der Waals surface area contributed by atoms with Crippen LogP contribution in [-0.2, 0) is 16.0 Å². The Balaban J connectivity index is 1.54. The number of aromatic nitrogens is 2. The molecule has 1 aromatic carbocycles. The summed E-state index contributed by atoms with van der Waals surface area (Å²) in [6, 6.07) is 7.78. The van der Waals surface area contributed by atoms with Crippen molar-refractivity contribution in [3.8, 4) is 11.5 Å². The molecule has 1 aliphatic rings. The molecular formula is C25H36N4O3. The second kappa shape index (κ2) is 9.84. The Morgan fingerprint density at radius 3 is 2.56 bits per heavy atom. The average molecular weight is 441 g/mol. The standard InChI is InChI=1S/C25H36N4O3/c1-17(15-25(4,5)6)13-23(31)29-12-11-28(16-19(29)3)22(30)14-21-26-24(32-27-21)20-10-8-7-9-18(20)2/h7-10,17,19H,11-16H2,1-6H3. The molecule has 3 rings (SSSR count). The monoisotopic (exact) mass is 440 g/mol. The first-order valence-corrected chi connectivity index (χ1v) is 11.5. The largest absolute Gasteiger partial charge is 0.338 e. The zero-order valence-electron chi connectivity index (χ0n) is 20.2. The molecule has 0 aliphatic carbocycles. The van der Waals surface area contributed by atoms with Gasteiger partial charge < -0.3 is 14.3 Å². The molecule has 7 nitrogen and oxygen atoms in total. The first-order valence-electron chi connectivity index (χ1n) is 11.5. The Morgan fingerprint density at radius 1 is 1.19 bits per heavy atom. The van der Waals surface area contributed by atoms with Gasteiger partial charge in [-0.25, -0.2) is 0 Å². The topological polar surface area (TPSA) is 79.5 Å². The van der Waals surface area contributed by atoms with Crippen LogP contribution in [0.3, 0.4) is 0 Å². The number of aryl methyl sites for hydroxylation is 1. The Labute approximate surface area is 191 Å². The van der Waals surface area contributed by atoms with Crippen LogP contribution < -0.4 is 0 Å². The fraction of sp³-hybridized carbons (Fsp3) is 0.600. The van der Waals surface area contributed by atoms with Gasteiger partial charge in [0.2, 0.25) is 11.8 Å². The molecule has 0 saturated carbocycles. The van der Waals surface area contributed by atoms with Crippen LogP contribution in [0.1, 0.15) is 58.8 Å². The lowest BCUT2D eigenvalue weighted by Gasteiger charge is -2.40. The summed E-state index contributed by atoms with van der Waals surface area (Å²) in [5.74, 6) is 1.30. The van der Waals surface area contributed by atoms with Gasteiger partial charge in [0.05, 0.1) is 6.42 Å². The smallest absolute Gasteiger partial charge is 0.258 e. The summed E-state index contributed by atoms with van der Waals surface area (Å²) in [7, 11) is 0. The number of benzene rings is 1. The van der Waals surface area contributed by atoms with Crippen LogP contribution in [0.15, 0.2) is 28.8 Å². The number of carbonyl (C=O) groups is 2. The number of amides is 2. The Morgan fingerprint density at radius 2 is 1.91 bits per heavy atom. The molecule has 174 valence electrons. The second-order valence-electron chi connectivity index (χ2n) is 10.4. The van der Waals surface area contributed by atoms with Gasteiger partial charge in [-0.15, -0.1) is 0 Å². The second-order valence-corrected chi connectivity index (χ2v) is 10.4. The summed E-state index contributed by atoms with van der Waals surface area (Å²) in [6.07, 6.45) is 1.67. The summed E-state index contributed by atoms with van der Waals surface area (Å²) in [6.45, 7) is 14.4. The van der Waals surface area contributed by atoms with Crippen molar-refractivity contribution in [2.45, 2.75) is 66.8 Å². The van der Waals surface area contributed by atoms with E-state index in [1.807, 2.05) is 43.0 Å². The molecule has 7 heteroatoms. The van der Waals surface area contributed by atoms with Crippen molar-refractivity contribution >= 4 is 11.8 Å². The van der Waals surface area contributed by atoms with Gasteiger partial charge in [-0.1, -0.05) is 51.1 Å². The molecule has 0 radical (unpaired) electrons. The molecule has 2 amide bonds. The van der Waals surface area contributed by atoms with Crippen molar-refractivity contribution in [2.75, 3.05) is 19.6 Å². The molecule has 0 N–H and O–H groups in total. The van der Waals surface area contributed by atoms with Gasteiger partial charge in [-0.05, 0) is 43.2 Å². The zero-order valence-corrected chi connectivity index (χ0v) is 20.2. The third-order valence-corrected chi connectivity index (χ3v) is 5.94. The fourth-order valence-corrected chi connectivity index (χ4v) is 4.58. The van der Waals surface area contributed by atoms with Gasteiger partial charge in [0, 0.05) is 37.7 Å². The first kappa shape index (κ1) is 24.0. The number of nitrogens with zero attached hydrogens (tertiary/aromatic N) is 4. The van der Waals surface area contributed by atoms with Crippen LogP contribution in [0, 0.1) is 18.3 Å². The summed E-state index contributed by atoms with van der Waals surface area (Å²) in [4.78, 5) is 33.8. The Bertz CT molecular complexity index is 947. The van der Waals surface area contributed by atoms with Gasteiger partial charge in [0.15, 0.2) is 5.82 Å². The van der Waals surface area contributed by atoms with Gasteiger partial charge >= 0.3 is 0 Å². The lowest BCUT2D eigenvalue weighted by atomic mass is 9.84. The highest BCUT2D eigenvalue weighted by Crippen LogP contribution is 2.27. The van der Waals surface area contributed by atoms with E-state index < -0.39 is 0 Å². The van der Waals surface area contributed by atoms with Gasteiger partial charge in [-0.2, -0.15) is 4.98 Å².